The topological polar surface area (TPSA) is 78.4 Å². The second-order valence-electron chi connectivity index (χ2n) is 4.60. The largest absolute Gasteiger partial charge is 0.480 e. The van der Waals surface area contributed by atoms with E-state index in [1.165, 1.54) is 0 Å². The Morgan fingerprint density at radius 1 is 1.35 bits per heavy atom. The van der Waals surface area contributed by atoms with Gasteiger partial charge in [0, 0.05) is 12.5 Å². The van der Waals surface area contributed by atoms with Crippen molar-refractivity contribution >= 4 is 11.9 Å². The van der Waals surface area contributed by atoms with Crippen molar-refractivity contribution in [3.05, 3.63) is 0 Å². The fraction of sp³-hybridized carbons (Fsp3) is 0.833. The molecule has 0 aromatic rings. The first-order chi connectivity index (χ1) is 7.85. The van der Waals surface area contributed by atoms with E-state index in [0.717, 1.165) is 6.54 Å². The van der Waals surface area contributed by atoms with E-state index < -0.39 is 11.5 Å². The van der Waals surface area contributed by atoms with E-state index in [-0.39, 0.29) is 11.9 Å². The van der Waals surface area contributed by atoms with Crippen LogP contribution < -0.4 is 10.6 Å². The number of nitrogens with one attached hydrogen (secondary N) is 2. The molecular weight excluding hydrogens is 220 g/mol. The summed E-state index contributed by atoms with van der Waals surface area (Å²) in [6, 6.07) is 0.0553. The number of carbonyl (C=O) groups excluding carboxylic acids is 1. The number of hydrogen-bond acceptors (Lipinski definition) is 3. The second-order valence-corrected chi connectivity index (χ2v) is 4.60. The number of hydrogen-bond donors (Lipinski definition) is 3. The van der Waals surface area contributed by atoms with Gasteiger partial charge < -0.3 is 15.7 Å². The maximum Gasteiger partial charge on any atom is 0.329 e. The van der Waals surface area contributed by atoms with Gasteiger partial charge in [-0.15, -0.1) is 0 Å². The molecule has 0 bridgehead atoms. The maximum absolute atomic E-state index is 11.7. The summed E-state index contributed by atoms with van der Waals surface area (Å²) >= 11 is 0. The lowest BCUT2D eigenvalue weighted by molar-refractivity contribution is -0.147. The van der Waals surface area contributed by atoms with Crippen molar-refractivity contribution in [1.29, 1.82) is 0 Å². The minimum absolute atomic E-state index is 0.0553. The van der Waals surface area contributed by atoms with Crippen LogP contribution in [0.25, 0.3) is 0 Å². The molecule has 17 heavy (non-hydrogen) atoms. The molecule has 5 nitrogen and oxygen atoms in total. The van der Waals surface area contributed by atoms with E-state index in [0.29, 0.717) is 19.3 Å². The predicted molar refractivity (Wildman–Crippen MR) is 66.8 cm³/mol. The van der Waals surface area contributed by atoms with Gasteiger partial charge in [-0.25, -0.2) is 4.79 Å². The Bertz CT molecular complexity index is 268. The lowest BCUT2D eigenvalue weighted by atomic mass is 9.96. The molecule has 0 aliphatic rings. The number of carbonyl (C=O) groups is 2. The van der Waals surface area contributed by atoms with Crippen molar-refractivity contribution in [2.75, 3.05) is 6.54 Å². The van der Waals surface area contributed by atoms with Gasteiger partial charge in [-0.1, -0.05) is 20.3 Å². The van der Waals surface area contributed by atoms with Crippen molar-refractivity contribution in [2.24, 2.45) is 0 Å². The molecular formula is C12H24N2O3. The molecule has 0 aromatic carbocycles. The quantitative estimate of drug-likeness (QED) is 0.598. The highest BCUT2D eigenvalue weighted by atomic mass is 16.4. The van der Waals surface area contributed by atoms with E-state index in [9.17, 15) is 9.59 Å². The van der Waals surface area contributed by atoms with Crippen LogP contribution in [0.3, 0.4) is 0 Å². The Morgan fingerprint density at radius 2 is 1.94 bits per heavy atom. The summed E-state index contributed by atoms with van der Waals surface area (Å²) in [7, 11) is 0. The molecule has 0 spiro atoms. The molecule has 100 valence electrons. The lowest BCUT2D eigenvalue weighted by Crippen LogP contribution is -2.53. The first-order valence-electron chi connectivity index (χ1n) is 6.13. The average Bonchev–Trinajstić information content (AvgIpc) is 2.17. The Labute approximate surface area is 103 Å². The first kappa shape index (κ1) is 15.9. The van der Waals surface area contributed by atoms with Crippen molar-refractivity contribution in [3.63, 3.8) is 0 Å². The van der Waals surface area contributed by atoms with E-state index >= 15 is 0 Å². The van der Waals surface area contributed by atoms with Crippen molar-refractivity contribution in [3.8, 4) is 0 Å². The third-order valence-corrected chi connectivity index (χ3v) is 2.68. The number of carboxylic acids is 1. The number of aliphatic carboxylic acids is 1. The molecule has 0 aromatic heterocycles. The summed E-state index contributed by atoms with van der Waals surface area (Å²) in [4.78, 5) is 22.8. The Balaban J connectivity index is 4.36. The van der Waals surface area contributed by atoms with Crippen LogP contribution >= 0.6 is 0 Å². The molecule has 2 atom stereocenters. The normalized spacial score (nSPS) is 16.0. The summed E-state index contributed by atoms with van der Waals surface area (Å²) < 4.78 is 0. The van der Waals surface area contributed by atoms with Crippen LogP contribution in [-0.4, -0.2) is 35.1 Å². The van der Waals surface area contributed by atoms with Crippen LogP contribution in [0.4, 0.5) is 0 Å². The van der Waals surface area contributed by atoms with Gasteiger partial charge in [-0.05, 0) is 26.8 Å². The smallest absolute Gasteiger partial charge is 0.329 e. The summed E-state index contributed by atoms with van der Waals surface area (Å²) in [5.41, 5.74) is -1.15. The van der Waals surface area contributed by atoms with E-state index in [4.69, 9.17) is 5.11 Å². The van der Waals surface area contributed by atoms with Crippen LogP contribution in [0.1, 0.15) is 47.0 Å². The van der Waals surface area contributed by atoms with Gasteiger partial charge >= 0.3 is 5.97 Å². The van der Waals surface area contributed by atoms with Crippen LogP contribution in [0, 0.1) is 0 Å². The minimum Gasteiger partial charge on any atom is -0.480 e. The van der Waals surface area contributed by atoms with Crippen LogP contribution in [0.15, 0.2) is 0 Å². The molecule has 0 rings (SSSR count). The molecule has 0 aliphatic heterocycles. The van der Waals surface area contributed by atoms with E-state index in [1.807, 2.05) is 20.8 Å². The zero-order valence-corrected chi connectivity index (χ0v) is 11.2. The molecule has 0 saturated heterocycles. The minimum atomic E-state index is -1.15. The molecule has 0 heterocycles. The number of amides is 1. The summed E-state index contributed by atoms with van der Waals surface area (Å²) in [5, 5.41) is 14.8. The van der Waals surface area contributed by atoms with E-state index in [2.05, 4.69) is 10.6 Å². The highest BCUT2D eigenvalue weighted by Gasteiger charge is 2.33. The molecule has 5 heteroatoms. The third kappa shape index (κ3) is 5.68. The number of carboxylic acid groups (broad SMARTS) is 1. The van der Waals surface area contributed by atoms with Gasteiger partial charge in [0.05, 0.1) is 0 Å². The average molecular weight is 244 g/mol. The van der Waals surface area contributed by atoms with E-state index in [1.54, 1.807) is 6.92 Å². The van der Waals surface area contributed by atoms with Crippen LogP contribution in [-0.2, 0) is 9.59 Å². The van der Waals surface area contributed by atoms with Gasteiger partial charge in [0.15, 0.2) is 0 Å². The van der Waals surface area contributed by atoms with Gasteiger partial charge in [0.2, 0.25) is 5.91 Å². The second kappa shape index (κ2) is 7.27. The highest BCUT2D eigenvalue weighted by Crippen LogP contribution is 2.13. The molecule has 0 saturated carbocycles. The fourth-order valence-electron chi connectivity index (χ4n) is 1.78. The van der Waals surface area contributed by atoms with Gasteiger partial charge in [0.1, 0.15) is 5.54 Å². The summed E-state index contributed by atoms with van der Waals surface area (Å²) in [5.74, 6) is -1.21. The predicted octanol–water partition coefficient (Wildman–Crippen LogP) is 1.13. The monoisotopic (exact) mass is 244 g/mol. The highest BCUT2D eigenvalue weighted by molar-refractivity contribution is 5.86. The molecule has 0 fully saturated rings. The van der Waals surface area contributed by atoms with Gasteiger partial charge in [-0.2, -0.15) is 0 Å². The Kier molecular flexibility index (Phi) is 6.80. The molecule has 1 amide bonds. The third-order valence-electron chi connectivity index (χ3n) is 2.68. The SMILES string of the molecule is CCCC(C)(NC(=O)CC(C)NCC)C(=O)O. The van der Waals surface area contributed by atoms with Gasteiger partial charge in [-0.3, -0.25) is 4.79 Å². The molecule has 3 N–H and O–H groups in total. The van der Waals surface area contributed by atoms with Crippen LogP contribution in [0.2, 0.25) is 0 Å². The summed E-state index contributed by atoms with van der Waals surface area (Å²) in [6.07, 6.45) is 1.44. The molecule has 2 unspecified atom stereocenters. The van der Waals surface area contributed by atoms with Crippen molar-refractivity contribution < 1.29 is 14.7 Å². The molecule has 0 aliphatic carbocycles. The Morgan fingerprint density at radius 3 is 2.35 bits per heavy atom. The standard InChI is InChI=1S/C12H24N2O3/c1-5-7-12(4,11(16)17)14-10(15)8-9(3)13-6-2/h9,13H,5-8H2,1-4H3,(H,14,15)(H,16,17). The zero-order chi connectivity index (χ0) is 13.5. The van der Waals surface area contributed by atoms with Crippen molar-refractivity contribution in [1.82, 2.24) is 10.6 Å². The van der Waals surface area contributed by atoms with Crippen LogP contribution in [0.5, 0.6) is 0 Å². The maximum atomic E-state index is 11.7. The van der Waals surface area contributed by atoms with Gasteiger partial charge in [0.25, 0.3) is 0 Å². The first-order valence-corrected chi connectivity index (χ1v) is 6.13. The fourth-order valence-corrected chi connectivity index (χ4v) is 1.78. The molecule has 0 radical (unpaired) electrons. The summed E-state index contributed by atoms with van der Waals surface area (Å²) in [6.45, 7) is 8.11. The zero-order valence-electron chi connectivity index (χ0n) is 11.2. The Hall–Kier alpha value is -1.10. The number of rotatable bonds is 8. The van der Waals surface area contributed by atoms with Crippen molar-refractivity contribution in [2.45, 2.75) is 58.5 Å². The lowest BCUT2D eigenvalue weighted by Gasteiger charge is -2.26.